The zero-order valence-electron chi connectivity index (χ0n) is 12.1. The van der Waals surface area contributed by atoms with Gasteiger partial charge in [-0.05, 0) is 12.1 Å². The number of hydrogen-bond donors (Lipinski definition) is 1. The average molecular weight is 293 g/mol. The largest absolute Gasteiger partial charge is 0.356 e. The number of hydrogen-bond acceptors (Lipinski definition) is 5. The first-order chi connectivity index (χ1) is 10.8. The number of H-pyrrole nitrogens is 1. The van der Waals surface area contributed by atoms with Crippen molar-refractivity contribution in [2.45, 2.75) is 6.54 Å². The van der Waals surface area contributed by atoms with Crippen molar-refractivity contribution < 1.29 is 0 Å². The normalized spacial score (nSPS) is 11.3. The SMILES string of the molecule is CN(CCn1cnc2ccccc21)c1ncnc2nc[nH]c12. The molecule has 0 aliphatic rings. The fourth-order valence-corrected chi connectivity index (χ4v) is 2.59. The zero-order chi connectivity index (χ0) is 14.9. The molecule has 0 amide bonds. The molecule has 0 unspecified atom stereocenters. The van der Waals surface area contributed by atoms with Crippen LogP contribution in [0.3, 0.4) is 0 Å². The van der Waals surface area contributed by atoms with Crippen LogP contribution in [0.15, 0.2) is 43.2 Å². The summed E-state index contributed by atoms with van der Waals surface area (Å²) in [5, 5.41) is 0. The summed E-state index contributed by atoms with van der Waals surface area (Å²) in [5.74, 6) is 0.854. The van der Waals surface area contributed by atoms with Crippen LogP contribution in [0, 0.1) is 0 Å². The molecular formula is C15H15N7. The van der Waals surface area contributed by atoms with E-state index < -0.39 is 0 Å². The first-order valence-corrected chi connectivity index (χ1v) is 7.08. The number of para-hydroxylation sites is 2. The molecule has 3 aromatic heterocycles. The van der Waals surface area contributed by atoms with Crippen molar-refractivity contribution in [3.8, 4) is 0 Å². The molecule has 0 saturated heterocycles. The molecule has 7 nitrogen and oxygen atoms in total. The van der Waals surface area contributed by atoms with E-state index in [9.17, 15) is 0 Å². The molecule has 22 heavy (non-hydrogen) atoms. The number of rotatable bonds is 4. The predicted octanol–water partition coefficient (Wildman–Crippen LogP) is 1.84. The topological polar surface area (TPSA) is 75.5 Å². The standard InChI is InChI=1S/C15H15N7/c1-21(15-13-14(17-8-16-13)18-9-19-15)6-7-22-10-20-11-4-2-3-5-12(11)22/h2-5,8-10H,6-7H2,1H3,(H,16,17,18,19). The van der Waals surface area contributed by atoms with Gasteiger partial charge < -0.3 is 14.5 Å². The number of anilines is 1. The fraction of sp³-hybridized carbons (Fsp3) is 0.200. The van der Waals surface area contributed by atoms with Gasteiger partial charge in [-0.1, -0.05) is 12.1 Å². The summed E-state index contributed by atoms with van der Waals surface area (Å²) in [7, 11) is 2.02. The lowest BCUT2D eigenvalue weighted by Gasteiger charge is -2.18. The molecule has 0 bridgehead atoms. The second-order valence-electron chi connectivity index (χ2n) is 5.15. The van der Waals surface area contributed by atoms with E-state index in [0.29, 0.717) is 5.65 Å². The Morgan fingerprint density at radius 2 is 2.05 bits per heavy atom. The fourth-order valence-electron chi connectivity index (χ4n) is 2.59. The highest BCUT2D eigenvalue weighted by molar-refractivity contribution is 5.82. The zero-order valence-corrected chi connectivity index (χ0v) is 12.1. The predicted molar refractivity (Wildman–Crippen MR) is 84.7 cm³/mol. The van der Waals surface area contributed by atoms with E-state index in [1.54, 1.807) is 12.7 Å². The van der Waals surface area contributed by atoms with Gasteiger partial charge in [0.15, 0.2) is 11.5 Å². The summed E-state index contributed by atoms with van der Waals surface area (Å²) in [4.78, 5) is 22.3. The number of fused-ring (bicyclic) bond motifs is 2. The van der Waals surface area contributed by atoms with E-state index in [1.165, 1.54) is 0 Å². The summed E-state index contributed by atoms with van der Waals surface area (Å²) in [6, 6.07) is 8.14. The Labute approximate surface area is 126 Å². The highest BCUT2D eigenvalue weighted by Gasteiger charge is 2.10. The molecule has 0 saturated carbocycles. The second kappa shape index (κ2) is 5.10. The number of imidazole rings is 2. The molecule has 7 heteroatoms. The van der Waals surface area contributed by atoms with Crippen LogP contribution < -0.4 is 4.90 Å². The minimum Gasteiger partial charge on any atom is -0.356 e. The maximum Gasteiger partial charge on any atom is 0.182 e. The van der Waals surface area contributed by atoms with Crippen molar-refractivity contribution in [1.82, 2.24) is 29.5 Å². The van der Waals surface area contributed by atoms with Gasteiger partial charge in [-0.25, -0.2) is 19.9 Å². The third-order valence-corrected chi connectivity index (χ3v) is 3.77. The molecule has 4 rings (SSSR count). The van der Waals surface area contributed by atoms with Crippen LogP contribution >= 0.6 is 0 Å². The maximum atomic E-state index is 4.41. The summed E-state index contributed by atoms with van der Waals surface area (Å²) in [6.07, 6.45) is 5.06. The Kier molecular flexibility index (Phi) is 2.96. The quantitative estimate of drug-likeness (QED) is 0.621. The highest BCUT2D eigenvalue weighted by Crippen LogP contribution is 2.18. The Morgan fingerprint density at radius 3 is 3.00 bits per heavy atom. The van der Waals surface area contributed by atoms with Crippen LogP contribution in [0.1, 0.15) is 0 Å². The highest BCUT2D eigenvalue weighted by atomic mass is 15.2. The van der Waals surface area contributed by atoms with Gasteiger partial charge in [-0.15, -0.1) is 0 Å². The van der Waals surface area contributed by atoms with E-state index in [0.717, 1.165) is 35.5 Å². The number of likely N-dealkylation sites (N-methyl/N-ethyl adjacent to an activating group) is 1. The molecule has 3 heterocycles. The summed E-state index contributed by atoms with van der Waals surface area (Å²) >= 11 is 0. The third-order valence-electron chi connectivity index (χ3n) is 3.77. The molecule has 1 aromatic carbocycles. The van der Waals surface area contributed by atoms with Crippen molar-refractivity contribution in [2.24, 2.45) is 0 Å². The number of benzene rings is 1. The van der Waals surface area contributed by atoms with Gasteiger partial charge in [0, 0.05) is 20.1 Å². The minimum atomic E-state index is 0.685. The van der Waals surface area contributed by atoms with E-state index >= 15 is 0 Å². The monoisotopic (exact) mass is 293 g/mol. The van der Waals surface area contributed by atoms with Crippen LogP contribution in [-0.4, -0.2) is 43.1 Å². The van der Waals surface area contributed by atoms with Gasteiger partial charge in [0.25, 0.3) is 0 Å². The Balaban J connectivity index is 1.57. The Hall–Kier alpha value is -2.96. The van der Waals surface area contributed by atoms with E-state index in [1.807, 2.05) is 31.6 Å². The van der Waals surface area contributed by atoms with Crippen molar-refractivity contribution >= 4 is 28.0 Å². The first kappa shape index (κ1) is 12.8. The lowest BCUT2D eigenvalue weighted by molar-refractivity contribution is 0.697. The molecule has 0 fully saturated rings. The van der Waals surface area contributed by atoms with Crippen LogP contribution in [0.5, 0.6) is 0 Å². The maximum absolute atomic E-state index is 4.41. The molecule has 0 aliphatic heterocycles. The summed E-state index contributed by atoms with van der Waals surface area (Å²) in [5.41, 5.74) is 3.71. The van der Waals surface area contributed by atoms with Gasteiger partial charge in [0.1, 0.15) is 11.8 Å². The Morgan fingerprint density at radius 1 is 1.14 bits per heavy atom. The molecule has 0 spiro atoms. The van der Waals surface area contributed by atoms with Gasteiger partial charge in [-0.2, -0.15) is 0 Å². The molecular weight excluding hydrogens is 278 g/mol. The first-order valence-electron chi connectivity index (χ1n) is 7.08. The minimum absolute atomic E-state index is 0.685. The van der Waals surface area contributed by atoms with Crippen molar-refractivity contribution in [1.29, 1.82) is 0 Å². The van der Waals surface area contributed by atoms with E-state index in [4.69, 9.17) is 0 Å². The molecule has 110 valence electrons. The van der Waals surface area contributed by atoms with Crippen LogP contribution in [0.4, 0.5) is 5.82 Å². The van der Waals surface area contributed by atoms with Gasteiger partial charge >= 0.3 is 0 Å². The number of aromatic amines is 1. The second-order valence-corrected chi connectivity index (χ2v) is 5.15. The third kappa shape index (κ3) is 2.07. The lowest BCUT2D eigenvalue weighted by Crippen LogP contribution is -2.23. The van der Waals surface area contributed by atoms with Gasteiger partial charge in [0.2, 0.25) is 0 Å². The lowest BCUT2D eigenvalue weighted by atomic mass is 10.3. The molecule has 0 atom stereocenters. The van der Waals surface area contributed by atoms with Crippen LogP contribution in [0.25, 0.3) is 22.2 Å². The summed E-state index contributed by atoms with van der Waals surface area (Å²) < 4.78 is 2.15. The van der Waals surface area contributed by atoms with E-state index in [-0.39, 0.29) is 0 Å². The van der Waals surface area contributed by atoms with Crippen molar-refractivity contribution in [3.05, 3.63) is 43.2 Å². The van der Waals surface area contributed by atoms with Crippen LogP contribution in [-0.2, 0) is 6.54 Å². The van der Waals surface area contributed by atoms with Gasteiger partial charge in [0.05, 0.1) is 23.7 Å². The molecule has 0 radical (unpaired) electrons. The number of nitrogens with one attached hydrogen (secondary N) is 1. The van der Waals surface area contributed by atoms with Crippen molar-refractivity contribution in [2.75, 3.05) is 18.5 Å². The average Bonchev–Trinajstić information content (AvgIpc) is 3.19. The number of nitrogens with zero attached hydrogens (tertiary/aromatic N) is 6. The molecule has 1 N–H and O–H groups in total. The Bertz CT molecular complexity index is 924. The van der Waals surface area contributed by atoms with Crippen molar-refractivity contribution in [3.63, 3.8) is 0 Å². The van der Waals surface area contributed by atoms with Gasteiger partial charge in [-0.3, -0.25) is 0 Å². The smallest absolute Gasteiger partial charge is 0.182 e. The van der Waals surface area contributed by atoms with Crippen LogP contribution in [0.2, 0.25) is 0 Å². The molecule has 4 aromatic rings. The summed E-state index contributed by atoms with van der Waals surface area (Å²) in [6.45, 7) is 1.64. The van der Waals surface area contributed by atoms with E-state index in [2.05, 4.69) is 40.5 Å². The number of aromatic nitrogens is 6. The molecule has 0 aliphatic carbocycles.